The number of amides is 2. The number of nitrogens with zero attached hydrogens (tertiary/aromatic N) is 1. The Bertz CT molecular complexity index is 316. The highest BCUT2D eigenvalue weighted by Gasteiger charge is 2.29. The van der Waals surface area contributed by atoms with Gasteiger partial charge in [-0.25, -0.2) is 0 Å². The van der Waals surface area contributed by atoms with E-state index < -0.39 is 0 Å². The van der Waals surface area contributed by atoms with Crippen molar-refractivity contribution in [3.05, 3.63) is 0 Å². The Morgan fingerprint density at radius 2 is 2.11 bits per heavy atom. The molecule has 0 saturated carbocycles. The van der Waals surface area contributed by atoms with Crippen molar-refractivity contribution < 1.29 is 14.3 Å². The fourth-order valence-electron chi connectivity index (χ4n) is 2.45. The van der Waals surface area contributed by atoms with Gasteiger partial charge in [-0.15, -0.1) is 0 Å². The lowest BCUT2D eigenvalue weighted by Gasteiger charge is -2.16. The van der Waals surface area contributed by atoms with E-state index in [9.17, 15) is 9.59 Å². The van der Waals surface area contributed by atoms with Crippen molar-refractivity contribution in [1.29, 1.82) is 0 Å². The van der Waals surface area contributed by atoms with Crippen LogP contribution in [0, 0.1) is 0 Å². The maximum Gasteiger partial charge on any atom is 0.241 e. The molecule has 0 bridgehead atoms. The normalized spacial score (nSPS) is 27.5. The summed E-state index contributed by atoms with van der Waals surface area (Å²) in [4.78, 5) is 25.4. The van der Waals surface area contributed by atoms with Crippen molar-refractivity contribution in [3.63, 3.8) is 0 Å². The summed E-state index contributed by atoms with van der Waals surface area (Å²) < 4.78 is 5.18. The Morgan fingerprint density at radius 1 is 1.39 bits per heavy atom. The molecule has 2 unspecified atom stereocenters. The largest absolute Gasteiger partial charge is 0.380 e. The highest BCUT2D eigenvalue weighted by atomic mass is 16.5. The lowest BCUT2D eigenvalue weighted by Crippen LogP contribution is -2.45. The Labute approximate surface area is 107 Å². The number of methoxy groups -OCH3 is 1. The van der Waals surface area contributed by atoms with Gasteiger partial charge in [0.15, 0.2) is 0 Å². The molecule has 0 aliphatic carbocycles. The molecule has 2 rings (SSSR count). The third-order valence-corrected chi connectivity index (χ3v) is 3.61. The molecule has 2 aliphatic heterocycles. The Balaban J connectivity index is 1.70. The number of rotatable bonds is 4. The van der Waals surface area contributed by atoms with Crippen LogP contribution in [0.25, 0.3) is 0 Å². The monoisotopic (exact) mass is 255 g/mol. The van der Waals surface area contributed by atoms with Crippen LogP contribution in [0.1, 0.15) is 19.3 Å². The summed E-state index contributed by atoms with van der Waals surface area (Å²) in [5.74, 6) is -0.0933. The third kappa shape index (κ3) is 3.20. The Hall–Kier alpha value is -1.14. The molecule has 102 valence electrons. The summed E-state index contributed by atoms with van der Waals surface area (Å²) in [6.07, 6.45) is 2.90. The molecule has 2 fully saturated rings. The van der Waals surface area contributed by atoms with Gasteiger partial charge in [0.2, 0.25) is 11.8 Å². The van der Waals surface area contributed by atoms with Crippen molar-refractivity contribution in [3.8, 4) is 0 Å². The van der Waals surface area contributed by atoms with Crippen LogP contribution in [-0.4, -0.2) is 62.1 Å². The van der Waals surface area contributed by atoms with Crippen LogP contribution in [0.5, 0.6) is 0 Å². The number of carbonyl (C=O) groups is 2. The maximum absolute atomic E-state index is 11.8. The van der Waals surface area contributed by atoms with Crippen LogP contribution >= 0.6 is 0 Å². The van der Waals surface area contributed by atoms with Gasteiger partial charge >= 0.3 is 0 Å². The van der Waals surface area contributed by atoms with Gasteiger partial charge in [0.1, 0.15) is 0 Å². The molecule has 18 heavy (non-hydrogen) atoms. The fourth-order valence-corrected chi connectivity index (χ4v) is 2.45. The molecule has 2 saturated heterocycles. The number of hydrogen-bond acceptors (Lipinski definition) is 4. The molecule has 6 nitrogen and oxygen atoms in total. The smallest absolute Gasteiger partial charge is 0.241 e. The quantitative estimate of drug-likeness (QED) is 0.683. The Morgan fingerprint density at radius 3 is 2.72 bits per heavy atom. The van der Waals surface area contributed by atoms with E-state index in [2.05, 4.69) is 10.6 Å². The minimum Gasteiger partial charge on any atom is -0.380 e. The van der Waals surface area contributed by atoms with Gasteiger partial charge in [-0.05, 0) is 19.3 Å². The van der Waals surface area contributed by atoms with E-state index in [1.165, 1.54) is 0 Å². The molecular weight excluding hydrogens is 234 g/mol. The maximum atomic E-state index is 11.8. The number of hydrogen-bond donors (Lipinski definition) is 2. The molecule has 6 heteroatoms. The minimum absolute atomic E-state index is 0.0159. The summed E-state index contributed by atoms with van der Waals surface area (Å²) in [6, 6.07) is -0.235. The summed E-state index contributed by atoms with van der Waals surface area (Å²) in [5.41, 5.74) is 0. The van der Waals surface area contributed by atoms with E-state index in [1.54, 1.807) is 12.0 Å². The standard InChI is InChI=1S/C12H21N3O3/c1-18-9-6-10(13-7-9)12(17)14-8-11(16)15-4-2-3-5-15/h9-10,13H,2-8H2,1H3,(H,14,17). The van der Waals surface area contributed by atoms with E-state index in [0.717, 1.165) is 25.9 Å². The highest BCUT2D eigenvalue weighted by Crippen LogP contribution is 2.10. The lowest BCUT2D eigenvalue weighted by molar-refractivity contribution is -0.132. The molecule has 0 aromatic carbocycles. The van der Waals surface area contributed by atoms with Crippen LogP contribution in [-0.2, 0) is 14.3 Å². The van der Waals surface area contributed by atoms with Crippen LogP contribution in [0.2, 0.25) is 0 Å². The van der Waals surface area contributed by atoms with Gasteiger partial charge in [0.05, 0.1) is 18.7 Å². The zero-order valence-electron chi connectivity index (χ0n) is 10.8. The predicted molar refractivity (Wildman–Crippen MR) is 66.0 cm³/mol. The van der Waals surface area contributed by atoms with Crippen molar-refractivity contribution in [2.45, 2.75) is 31.4 Å². The van der Waals surface area contributed by atoms with Gasteiger partial charge in [-0.2, -0.15) is 0 Å². The SMILES string of the molecule is COC1CNC(C(=O)NCC(=O)N2CCCC2)C1. The summed E-state index contributed by atoms with van der Waals surface area (Å²) in [7, 11) is 1.64. The molecule has 2 heterocycles. The number of ether oxygens (including phenoxy) is 1. The van der Waals surface area contributed by atoms with Crippen molar-refractivity contribution in [2.24, 2.45) is 0 Å². The number of likely N-dealkylation sites (tertiary alicyclic amines) is 1. The lowest BCUT2D eigenvalue weighted by atomic mass is 10.2. The topological polar surface area (TPSA) is 70.7 Å². The zero-order valence-corrected chi connectivity index (χ0v) is 10.8. The molecule has 2 aliphatic rings. The van der Waals surface area contributed by atoms with E-state index in [-0.39, 0.29) is 30.5 Å². The molecular formula is C12H21N3O3. The first-order valence-electron chi connectivity index (χ1n) is 6.52. The molecule has 0 radical (unpaired) electrons. The number of nitrogens with one attached hydrogen (secondary N) is 2. The highest BCUT2D eigenvalue weighted by molar-refractivity contribution is 5.87. The summed E-state index contributed by atoms with van der Waals surface area (Å²) in [6.45, 7) is 2.44. The van der Waals surface area contributed by atoms with Crippen LogP contribution in [0.3, 0.4) is 0 Å². The van der Waals surface area contributed by atoms with Crippen LogP contribution in [0.4, 0.5) is 0 Å². The molecule has 2 N–H and O–H groups in total. The second-order valence-corrected chi connectivity index (χ2v) is 4.86. The average Bonchev–Trinajstić information content (AvgIpc) is 3.05. The first-order valence-corrected chi connectivity index (χ1v) is 6.52. The summed E-state index contributed by atoms with van der Waals surface area (Å²) >= 11 is 0. The van der Waals surface area contributed by atoms with Crippen molar-refractivity contribution >= 4 is 11.8 Å². The van der Waals surface area contributed by atoms with Gasteiger partial charge in [0.25, 0.3) is 0 Å². The molecule has 0 aromatic rings. The molecule has 2 amide bonds. The van der Waals surface area contributed by atoms with E-state index in [1.807, 2.05) is 0 Å². The van der Waals surface area contributed by atoms with Gasteiger partial charge < -0.3 is 20.3 Å². The summed E-state index contributed by atoms with van der Waals surface area (Å²) in [5, 5.41) is 5.79. The Kier molecular flexibility index (Phi) is 4.54. The third-order valence-electron chi connectivity index (χ3n) is 3.61. The van der Waals surface area contributed by atoms with E-state index >= 15 is 0 Å². The molecule has 0 aromatic heterocycles. The van der Waals surface area contributed by atoms with Crippen molar-refractivity contribution in [1.82, 2.24) is 15.5 Å². The second-order valence-electron chi connectivity index (χ2n) is 4.86. The van der Waals surface area contributed by atoms with E-state index in [0.29, 0.717) is 13.0 Å². The van der Waals surface area contributed by atoms with E-state index in [4.69, 9.17) is 4.74 Å². The first kappa shape index (κ1) is 13.3. The van der Waals surface area contributed by atoms with Crippen molar-refractivity contribution in [2.75, 3.05) is 33.3 Å². The van der Waals surface area contributed by atoms with Crippen LogP contribution in [0.15, 0.2) is 0 Å². The molecule has 2 atom stereocenters. The fraction of sp³-hybridized carbons (Fsp3) is 0.833. The second kappa shape index (κ2) is 6.15. The van der Waals surface area contributed by atoms with Crippen LogP contribution < -0.4 is 10.6 Å². The predicted octanol–water partition coefficient (Wildman–Crippen LogP) is -0.898. The number of carbonyl (C=O) groups excluding carboxylic acids is 2. The zero-order chi connectivity index (χ0) is 13.0. The average molecular weight is 255 g/mol. The molecule has 0 spiro atoms. The van der Waals surface area contributed by atoms with Gasteiger partial charge in [0, 0.05) is 26.7 Å². The first-order chi connectivity index (χ1) is 8.70. The van der Waals surface area contributed by atoms with Gasteiger partial charge in [-0.1, -0.05) is 0 Å². The minimum atomic E-state index is -0.235. The van der Waals surface area contributed by atoms with Gasteiger partial charge in [-0.3, -0.25) is 9.59 Å².